The molecule has 0 aromatic heterocycles. The first-order chi connectivity index (χ1) is 8.81. The van der Waals surface area contributed by atoms with Gasteiger partial charge in [0, 0.05) is 0 Å². The van der Waals surface area contributed by atoms with Crippen LogP contribution in [0.3, 0.4) is 0 Å². The molecule has 1 atom stereocenters. The highest BCUT2D eigenvalue weighted by atomic mass is 19.4. The summed E-state index contributed by atoms with van der Waals surface area (Å²) in [7, 11) is 0. The van der Waals surface area contributed by atoms with Gasteiger partial charge in [-0.25, -0.2) is 4.79 Å². The summed E-state index contributed by atoms with van der Waals surface area (Å²) in [5, 5.41) is 2.35. The third kappa shape index (κ3) is 5.63. The maximum atomic E-state index is 11.9. The van der Waals surface area contributed by atoms with Crippen molar-refractivity contribution in [3.8, 4) is 0 Å². The van der Waals surface area contributed by atoms with Crippen molar-refractivity contribution in [2.24, 2.45) is 0 Å². The SMILES string of the molecule is CCc1ccc(C(C)NC(=O)OCC(F)(F)F)cc1. The summed E-state index contributed by atoms with van der Waals surface area (Å²) >= 11 is 0. The van der Waals surface area contributed by atoms with E-state index in [-0.39, 0.29) is 0 Å². The predicted octanol–water partition coefficient (Wildman–Crippen LogP) is 3.60. The normalized spacial score (nSPS) is 12.9. The number of alkyl carbamates (subject to hydrolysis) is 1. The summed E-state index contributed by atoms with van der Waals surface area (Å²) in [6.07, 6.45) is -4.69. The number of hydrogen-bond acceptors (Lipinski definition) is 2. The van der Waals surface area contributed by atoms with Gasteiger partial charge in [0.25, 0.3) is 0 Å². The van der Waals surface area contributed by atoms with Crippen molar-refractivity contribution >= 4 is 6.09 Å². The number of halogens is 3. The van der Waals surface area contributed by atoms with Crippen molar-refractivity contribution in [1.82, 2.24) is 5.32 Å². The Morgan fingerprint density at radius 3 is 2.37 bits per heavy atom. The quantitative estimate of drug-likeness (QED) is 0.911. The molecule has 19 heavy (non-hydrogen) atoms. The van der Waals surface area contributed by atoms with E-state index in [1.165, 1.54) is 0 Å². The van der Waals surface area contributed by atoms with Crippen molar-refractivity contribution in [3.63, 3.8) is 0 Å². The van der Waals surface area contributed by atoms with E-state index in [9.17, 15) is 18.0 Å². The molecular weight excluding hydrogens is 259 g/mol. The number of aryl methyl sites for hydroxylation is 1. The molecule has 0 aliphatic rings. The molecule has 1 aromatic carbocycles. The van der Waals surface area contributed by atoms with Crippen LogP contribution in [-0.4, -0.2) is 18.9 Å². The van der Waals surface area contributed by atoms with Crippen LogP contribution in [0, 0.1) is 0 Å². The van der Waals surface area contributed by atoms with E-state index in [4.69, 9.17) is 0 Å². The van der Waals surface area contributed by atoms with Crippen molar-refractivity contribution in [1.29, 1.82) is 0 Å². The van der Waals surface area contributed by atoms with Gasteiger partial charge in [-0.3, -0.25) is 0 Å². The lowest BCUT2D eigenvalue weighted by atomic mass is 10.1. The average molecular weight is 275 g/mol. The van der Waals surface area contributed by atoms with Gasteiger partial charge in [-0.15, -0.1) is 0 Å². The summed E-state index contributed by atoms with van der Waals surface area (Å²) in [5.41, 5.74) is 1.96. The van der Waals surface area contributed by atoms with E-state index in [0.717, 1.165) is 17.5 Å². The number of ether oxygens (including phenoxy) is 1. The smallest absolute Gasteiger partial charge is 0.422 e. The van der Waals surface area contributed by atoms with Crippen LogP contribution in [0.5, 0.6) is 0 Å². The summed E-state index contributed by atoms with van der Waals surface area (Å²) in [6, 6.07) is 7.07. The first kappa shape index (κ1) is 15.3. The van der Waals surface area contributed by atoms with Crippen molar-refractivity contribution < 1.29 is 22.7 Å². The third-order valence-electron chi connectivity index (χ3n) is 2.59. The molecule has 6 heteroatoms. The fourth-order valence-electron chi connectivity index (χ4n) is 1.49. The molecule has 0 aliphatic heterocycles. The minimum Gasteiger partial charge on any atom is -0.440 e. The van der Waals surface area contributed by atoms with Gasteiger partial charge in [-0.05, 0) is 24.5 Å². The van der Waals surface area contributed by atoms with E-state index < -0.39 is 24.9 Å². The number of carbonyl (C=O) groups excluding carboxylic acids is 1. The second-order valence-electron chi connectivity index (χ2n) is 4.15. The van der Waals surface area contributed by atoms with Crippen molar-refractivity contribution in [3.05, 3.63) is 35.4 Å². The Labute approximate surface area is 109 Å². The maximum Gasteiger partial charge on any atom is 0.422 e. The van der Waals surface area contributed by atoms with Gasteiger partial charge in [0.1, 0.15) is 0 Å². The molecule has 0 saturated heterocycles. The number of amides is 1. The number of carbonyl (C=O) groups is 1. The second-order valence-corrected chi connectivity index (χ2v) is 4.15. The molecule has 1 N–H and O–H groups in total. The van der Waals surface area contributed by atoms with Crippen LogP contribution >= 0.6 is 0 Å². The molecule has 0 fully saturated rings. The van der Waals surface area contributed by atoms with Gasteiger partial charge < -0.3 is 10.1 Å². The van der Waals surface area contributed by atoms with E-state index in [0.29, 0.717) is 0 Å². The largest absolute Gasteiger partial charge is 0.440 e. The Kier molecular flexibility index (Phi) is 5.20. The lowest BCUT2D eigenvalue weighted by Gasteiger charge is -2.15. The molecule has 3 nitrogen and oxygen atoms in total. The summed E-state index contributed by atoms with van der Waals surface area (Å²) in [6.45, 7) is 2.11. The Bertz CT molecular complexity index is 415. The van der Waals surface area contributed by atoms with Crippen LogP contribution in [0.1, 0.15) is 31.0 Å². The fourth-order valence-corrected chi connectivity index (χ4v) is 1.49. The molecule has 0 aliphatic carbocycles. The van der Waals surface area contributed by atoms with E-state index >= 15 is 0 Å². The summed E-state index contributed by atoms with van der Waals surface area (Å²) in [5.74, 6) is 0. The van der Waals surface area contributed by atoms with E-state index in [1.54, 1.807) is 6.92 Å². The Balaban J connectivity index is 2.49. The molecule has 106 valence electrons. The van der Waals surface area contributed by atoms with E-state index in [1.807, 2.05) is 31.2 Å². The van der Waals surface area contributed by atoms with Crippen LogP contribution in [-0.2, 0) is 11.2 Å². The minimum atomic E-state index is -4.51. The Hall–Kier alpha value is -1.72. The topological polar surface area (TPSA) is 38.3 Å². The molecule has 1 unspecified atom stereocenters. The molecule has 1 rings (SSSR count). The Morgan fingerprint density at radius 1 is 1.32 bits per heavy atom. The van der Waals surface area contributed by atoms with Gasteiger partial charge in [-0.1, -0.05) is 31.2 Å². The maximum absolute atomic E-state index is 11.9. The number of rotatable bonds is 4. The fraction of sp³-hybridized carbons (Fsp3) is 0.462. The van der Waals surface area contributed by atoms with Gasteiger partial charge in [0.15, 0.2) is 6.61 Å². The monoisotopic (exact) mass is 275 g/mol. The van der Waals surface area contributed by atoms with Crippen LogP contribution in [0.15, 0.2) is 24.3 Å². The number of hydrogen-bond donors (Lipinski definition) is 1. The molecule has 0 spiro atoms. The van der Waals surface area contributed by atoms with Crippen molar-refractivity contribution in [2.75, 3.05) is 6.61 Å². The molecule has 0 radical (unpaired) electrons. The summed E-state index contributed by atoms with van der Waals surface area (Å²) < 4.78 is 39.6. The zero-order chi connectivity index (χ0) is 14.5. The highest BCUT2D eigenvalue weighted by Crippen LogP contribution is 2.16. The van der Waals surface area contributed by atoms with Crippen LogP contribution in [0.4, 0.5) is 18.0 Å². The first-order valence-electron chi connectivity index (χ1n) is 5.90. The number of nitrogens with one attached hydrogen (secondary N) is 1. The van der Waals surface area contributed by atoms with Gasteiger partial charge in [0.2, 0.25) is 0 Å². The predicted molar refractivity (Wildman–Crippen MR) is 64.8 cm³/mol. The molecular formula is C13H16F3NO2. The van der Waals surface area contributed by atoms with Gasteiger partial charge >= 0.3 is 12.3 Å². The third-order valence-corrected chi connectivity index (χ3v) is 2.59. The lowest BCUT2D eigenvalue weighted by molar-refractivity contribution is -0.160. The zero-order valence-electron chi connectivity index (χ0n) is 10.8. The Morgan fingerprint density at radius 2 is 1.89 bits per heavy atom. The molecule has 0 saturated carbocycles. The van der Waals surface area contributed by atoms with Crippen LogP contribution in [0.2, 0.25) is 0 Å². The minimum absolute atomic E-state index is 0.411. The van der Waals surface area contributed by atoms with Gasteiger partial charge in [0.05, 0.1) is 6.04 Å². The molecule has 0 heterocycles. The van der Waals surface area contributed by atoms with Crippen molar-refractivity contribution in [2.45, 2.75) is 32.5 Å². The molecule has 1 aromatic rings. The lowest BCUT2D eigenvalue weighted by Crippen LogP contribution is -2.30. The number of alkyl halides is 3. The van der Waals surface area contributed by atoms with Crippen LogP contribution < -0.4 is 5.32 Å². The standard InChI is InChI=1S/C13H16F3NO2/c1-3-10-4-6-11(7-5-10)9(2)17-12(18)19-8-13(14,15)16/h4-7,9H,3,8H2,1-2H3,(H,17,18). The first-order valence-corrected chi connectivity index (χ1v) is 5.90. The van der Waals surface area contributed by atoms with Crippen LogP contribution in [0.25, 0.3) is 0 Å². The highest BCUT2D eigenvalue weighted by molar-refractivity contribution is 5.67. The highest BCUT2D eigenvalue weighted by Gasteiger charge is 2.29. The average Bonchev–Trinajstić information content (AvgIpc) is 2.35. The zero-order valence-corrected chi connectivity index (χ0v) is 10.8. The summed E-state index contributed by atoms with van der Waals surface area (Å²) in [4.78, 5) is 11.2. The molecule has 0 bridgehead atoms. The van der Waals surface area contributed by atoms with E-state index in [2.05, 4.69) is 10.1 Å². The molecule has 1 amide bonds. The van der Waals surface area contributed by atoms with Gasteiger partial charge in [-0.2, -0.15) is 13.2 Å². The number of benzene rings is 1. The second kappa shape index (κ2) is 6.45.